The van der Waals surface area contributed by atoms with E-state index >= 15 is 0 Å². The van der Waals surface area contributed by atoms with E-state index in [4.69, 9.17) is 4.98 Å². The first-order chi connectivity index (χ1) is 14.1. The number of aryl methyl sites for hydroxylation is 2. The average molecular weight is 390 g/mol. The van der Waals surface area contributed by atoms with E-state index in [0.29, 0.717) is 5.78 Å². The first-order valence-corrected chi connectivity index (χ1v) is 9.58. The van der Waals surface area contributed by atoms with Gasteiger partial charge in [0.2, 0.25) is 0 Å². The molecule has 5 heterocycles. The Kier molecular flexibility index (Phi) is 4.11. The number of hydrogen-bond acceptors (Lipinski definition) is 8. The molecule has 0 radical (unpaired) electrons. The van der Waals surface area contributed by atoms with Crippen molar-refractivity contribution in [3.8, 4) is 11.3 Å². The third-order valence-corrected chi connectivity index (χ3v) is 5.40. The molecular weight excluding hydrogens is 368 g/mol. The van der Waals surface area contributed by atoms with Crippen LogP contribution in [0.2, 0.25) is 0 Å². The zero-order valence-electron chi connectivity index (χ0n) is 16.7. The molecular formula is C19H22N10. The van der Waals surface area contributed by atoms with Crippen molar-refractivity contribution in [2.24, 2.45) is 7.05 Å². The number of fused-ring (bicyclic) bond motifs is 1. The third-order valence-electron chi connectivity index (χ3n) is 5.40. The molecule has 1 fully saturated rings. The van der Waals surface area contributed by atoms with Crippen LogP contribution in [0.1, 0.15) is 11.3 Å². The zero-order chi connectivity index (χ0) is 20.0. The molecule has 0 unspecified atom stereocenters. The van der Waals surface area contributed by atoms with Crippen LogP contribution in [0.3, 0.4) is 0 Å². The standard InChI is InChI=1S/C19H22N10/c1-13-14(2)24-19-21-12-23-29(19)18(13)28-6-4-27(5-7-28)17-10-20-9-16(25-17)15-8-22-26(3)11-15/h8-12H,4-7H2,1-3H3. The van der Waals surface area contributed by atoms with Gasteiger partial charge in [0.25, 0.3) is 5.78 Å². The largest absolute Gasteiger partial charge is 0.353 e. The van der Waals surface area contributed by atoms with Crippen LogP contribution >= 0.6 is 0 Å². The van der Waals surface area contributed by atoms with Gasteiger partial charge in [0.05, 0.1) is 24.3 Å². The molecule has 5 rings (SSSR count). The van der Waals surface area contributed by atoms with Gasteiger partial charge in [-0.05, 0) is 13.8 Å². The molecule has 0 aliphatic carbocycles. The van der Waals surface area contributed by atoms with Crippen LogP contribution in [0.5, 0.6) is 0 Å². The molecule has 4 aromatic heterocycles. The topological polar surface area (TPSA) is 93.2 Å². The van der Waals surface area contributed by atoms with Crippen molar-refractivity contribution in [3.05, 3.63) is 42.4 Å². The summed E-state index contributed by atoms with van der Waals surface area (Å²) in [5, 5.41) is 8.60. The van der Waals surface area contributed by atoms with Gasteiger partial charge in [-0.1, -0.05) is 0 Å². The second-order valence-corrected chi connectivity index (χ2v) is 7.26. The summed E-state index contributed by atoms with van der Waals surface area (Å²) in [4.78, 5) is 22.6. The first kappa shape index (κ1) is 17.5. The van der Waals surface area contributed by atoms with Crippen molar-refractivity contribution in [2.45, 2.75) is 13.8 Å². The van der Waals surface area contributed by atoms with Gasteiger partial charge in [-0.3, -0.25) is 9.67 Å². The summed E-state index contributed by atoms with van der Waals surface area (Å²) >= 11 is 0. The first-order valence-electron chi connectivity index (χ1n) is 9.58. The van der Waals surface area contributed by atoms with Gasteiger partial charge in [0, 0.05) is 56.2 Å². The number of aromatic nitrogens is 8. The minimum absolute atomic E-state index is 0.639. The molecule has 0 N–H and O–H groups in total. The van der Waals surface area contributed by atoms with E-state index in [9.17, 15) is 0 Å². The van der Waals surface area contributed by atoms with Crippen molar-refractivity contribution in [3.63, 3.8) is 0 Å². The zero-order valence-corrected chi connectivity index (χ0v) is 16.7. The van der Waals surface area contributed by atoms with E-state index in [1.54, 1.807) is 17.2 Å². The van der Waals surface area contributed by atoms with E-state index in [2.05, 4.69) is 41.9 Å². The maximum Gasteiger partial charge on any atom is 0.254 e. The highest BCUT2D eigenvalue weighted by molar-refractivity contribution is 5.59. The van der Waals surface area contributed by atoms with Crippen LogP contribution in [0, 0.1) is 13.8 Å². The van der Waals surface area contributed by atoms with Crippen molar-refractivity contribution in [1.29, 1.82) is 0 Å². The van der Waals surface area contributed by atoms with Gasteiger partial charge in [-0.2, -0.15) is 19.7 Å². The van der Waals surface area contributed by atoms with Crippen molar-refractivity contribution < 1.29 is 0 Å². The molecule has 29 heavy (non-hydrogen) atoms. The molecule has 148 valence electrons. The van der Waals surface area contributed by atoms with Crippen molar-refractivity contribution >= 4 is 17.4 Å². The molecule has 10 heteroatoms. The Morgan fingerprint density at radius 2 is 1.69 bits per heavy atom. The summed E-state index contributed by atoms with van der Waals surface area (Å²) in [6, 6.07) is 0. The van der Waals surface area contributed by atoms with Gasteiger partial charge in [-0.25, -0.2) is 9.97 Å². The highest BCUT2D eigenvalue weighted by Gasteiger charge is 2.23. The van der Waals surface area contributed by atoms with Crippen LogP contribution in [-0.2, 0) is 7.05 Å². The molecule has 0 bridgehead atoms. The summed E-state index contributed by atoms with van der Waals surface area (Å²) in [5.74, 6) is 2.60. The van der Waals surface area contributed by atoms with E-state index in [1.165, 1.54) is 0 Å². The van der Waals surface area contributed by atoms with Crippen LogP contribution < -0.4 is 9.80 Å². The van der Waals surface area contributed by atoms with Crippen LogP contribution in [-0.4, -0.2) is 65.5 Å². The highest BCUT2D eigenvalue weighted by atomic mass is 15.4. The SMILES string of the molecule is Cc1nc2ncnn2c(N2CCN(c3cncc(-c4cnn(C)c4)n3)CC2)c1C. The van der Waals surface area contributed by atoms with Gasteiger partial charge in [-0.15, -0.1) is 0 Å². The van der Waals surface area contributed by atoms with Crippen molar-refractivity contribution in [1.82, 2.24) is 39.3 Å². The lowest BCUT2D eigenvalue weighted by atomic mass is 10.2. The minimum atomic E-state index is 0.639. The van der Waals surface area contributed by atoms with Gasteiger partial charge < -0.3 is 9.80 Å². The number of piperazine rings is 1. The van der Waals surface area contributed by atoms with Crippen LogP contribution in [0.4, 0.5) is 11.6 Å². The Hall–Kier alpha value is -3.56. The normalized spacial score (nSPS) is 14.7. The van der Waals surface area contributed by atoms with Gasteiger partial charge in [0.1, 0.15) is 18.0 Å². The van der Waals surface area contributed by atoms with Crippen LogP contribution in [0.25, 0.3) is 17.0 Å². The molecule has 0 atom stereocenters. The number of anilines is 2. The predicted octanol–water partition coefficient (Wildman–Crippen LogP) is 1.26. The Balaban J connectivity index is 1.38. The summed E-state index contributed by atoms with van der Waals surface area (Å²) < 4.78 is 3.60. The maximum absolute atomic E-state index is 4.81. The molecule has 0 saturated carbocycles. The molecule has 0 spiro atoms. The van der Waals surface area contributed by atoms with Gasteiger partial charge in [0.15, 0.2) is 0 Å². The van der Waals surface area contributed by atoms with Gasteiger partial charge >= 0.3 is 0 Å². The maximum atomic E-state index is 4.81. The fraction of sp³-hybridized carbons (Fsp3) is 0.368. The highest BCUT2D eigenvalue weighted by Crippen LogP contribution is 2.25. The lowest BCUT2D eigenvalue weighted by Gasteiger charge is -2.37. The summed E-state index contributed by atoms with van der Waals surface area (Å²) in [6.07, 6.45) is 8.92. The quantitative estimate of drug-likeness (QED) is 0.516. The summed E-state index contributed by atoms with van der Waals surface area (Å²) in [7, 11) is 1.90. The average Bonchev–Trinajstić information content (AvgIpc) is 3.38. The Morgan fingerprint density at radius 1 is 0.897 bits per heavy atom. The molecule has 0 aromatic carbocycles. The second-order valence-electron chi connectivity index (χ2n) is 7.26. The summed E-state index contributed by atoms with van der Waals surface area (Å²) in [5.41, 5.74) is 3.92. The lowest BCUT2D eigenvalue weighted by molar-refractivity contribution is 0.630. The van der Waals surface area contributed by atoms with Crippen molar-refractivity contribution in [2.75, 3.05) is 36.0 Å². The molecule has 1 saturated heterocycles. The van der Waals surface area contributed by atoms with E-state index < -0.39 is 0 Å². The molecule has 1 aliphatic heterocycles. The Labute approximate surface area is 167 Å². The minimum Gasteiger partial charge on any atom is -0.353 e. The number of rotatable bonds is 3. The van der Waals surface area contributed by atoms with Crippen LogP contribution in [0.15, 0.2) is 31.1 Å². The monoisotopic (exact) mass is 390 g/mol. The molecule has 0 amide bonds. The third kappa shape index (κ3) is 3.06. The fourth-order valence-corrected chi connectivity index (χ4v) is 3.73. The Morgan fingerprint density at radius 3 is 2.45 bits per heavy atom. The lowest BCUT2D eigenvalue weighted by Crippen LogP contribution is -2.47. The number of hydrogen-bond donors (Lipinski definition) is 0. The fourth-order valence-electron chi connectivity index (χ4n) is 3.73. The molecule has 1 aliphatic rings. The second kappa shape index (κ2) is 6.80. The van der Waals surface area contributed by atoms with E-state index in [-0.39, 0.29) is 0 Å². The predicted molar refractivity (Wildman–Crippen MR) is 109 cm³/mol. The number of nitrogens with zero attached hydrogens (tertiary/aromatic N) is 10. The Bertz CT molecular complexity index is 1170. The summed E-state index contributed by atoms with van der Waals surface area (Å²) in [6.45, 7) is 7.53. The smallest absolute Gasteiger partial charge is 0.254 e. The van der Waals surface area contributed by atoms with E-state index in [1.807, 2.05) is 37.1 Å². The molecule has 10 nitrogen and oxygen atoms in total. The van der Waals surface area contributed by atoms with E-state index in [0.717, 1.165) is 60.3 Å². The molecule has 4 aromatic rings.